The molecule has 2 fully saturated rings. The van der Waals surface area contributed by atoms with E-state index in [-0.39, 0.29) is 28.1 Å². The van der Waals surface area contributed by atoms with E-state index in [0.717, 1.165) is 34.9 Å². The first kappa shape index (κ1) is 23.1. The summed E-state index contributed by atoms with van der Waals surface area (Å²) in [7, 11) is 9.94. The van der Waals surface area contributed by atoms with Crippen molar-refractivity contribution in [3.63, 3.8) is 0 Å². The summed E-state index contributed by atoms with van der Waals surface area (Å²) in [6.07, 6.45) is 2.31. The van der Waals surface area contributed by atoms with Gasteiger partial charge in [0.15, 0.2) is 0 Å². The van der Waals surface area contributed by atoms with Gasteiger partial charge in [0.2, 0.25) is 0 Å². The Hall–Kier alpha value is -0.160. The molecular formula is C23H50N4+2. The molecule has 0 bridgehead atoms. The van der Waals surface area contributed by atoms with Crippen LogP contribution >= 0.6 is 0 Å². The molecule has 0 saturated carbocycles. The van der Waals surface area contributed by atoms with Crippen LogP contribution < -0.4 is 0 Å². The Morgan fingerprint density at radius 2 is 1.26 bits per heavy atom. The van der Waals surface area contributed by atoms with Crippen LogP contribution in [0.3, 0.4) is 0 Å². The molecule has 2 heterocycles. The molecule has 27 heavy (non-hydrogen) atoms. The minimum absolute atomic E-state index is 0.105. The molecule has 0 aromatic carbocycles. The van der Waals surface area contributed by atoms with E-state index in [2.05, 4.69) is 107 Å². The molecule has 1 unspecified atom stereocenters. The fourth-order valence-corrected chi connectivity index (χ4v) is 6.77. The molecule has 1 atom stereocenters. The van der Waals surface area contributed by atoms with E-state index in [4.69, 9.17) is 0 Å². The van der Waals surface area contributed by atoms with E-state index in [9.17, 15) is 0 Å². The Kier molecular flexibility index (Phi) is 5.08. The third kappa shape index (κ3) is 2.69. The molecule has 0 N–H and O–H groups in total. The van der Waals surface area contributed by atoms with Crippen LogP contribution in [0.15, 0.2) is 0 Å². The molecule has 2 aliphatic rings. The second kappa shape index (κ2) is 5.93. The van der Waals surface area contributed by atoms with Gasteiger partial charge in [-0.1, -0.05) is 13.8 Å². The number of nitrogens with zero attached hydrogens (tertiary/aromatic N) is 4. The van der Waals surface area contributed by atoms with Crippen molar-refractivity contribution in [2.75, 3.05) is 41.3 Å². The smallest absolute Gasteiger partial charge is 0.246 e. The molecule has 0 amide bonds. The molecule has 0 aromatic rings. The van der Waals surface area contributed by atoms with E-state index < -0.39 is 0 Å². The van der Waals surface area contributed by atoms with Gasteiger partial charge in [0.1, 0.15) is 12.1 Å². The van der Waals surface area contributed by atoms with Crippen LogP contribution in [0.25, 0.3) is 0 Å². The van der Waals surface area contributed by atoms with Crippen molar-refractivity contribution in [2.45, 2.75) is 110 Å². The molecule has 4 heteroatoms. The first-order chi connectivity index (χ1) is 11.8. The van der Waals surface area contributed by atoms with Crippen molar-refractivity contribution in [3.05, 3.63) is 0 Å². The van der Waals surface area contributed by atoms with Gasteiger partial charge in [0.05, 0.1) is 40.3 Å². The number of quaternary nitrogens is 2. The molecule has 0 aromatic heterocycles. The number of likely N-dealkylation sites (N-methyl/N-ethyl adjacent to an activating group) is 2. The van der Waals surface area contributed by atoms with Crippen molar-refractivity contribution >= 4 is 0 Å². The second-order valence-corrected chi connectivity index (χ2v) is 12.8. The maximum absolute atomic E-state index is 2.93. The van der Waals surface area contributed by atoms with E-state index in [0.29, 0.717) is 0 Å². The van der Waals surface area contributed by atoms with Crippen molar-refractivity contribution in [1.29, 1.82) is 0 Å². The third-order valence-electron chi connectivity index (χ3n) is 8.74. The Labute approximate surface area is 170 Å². The summed E-state index contributed by atoms with van der Waals surface area (Å²) >= 11 is 0. The van der Waals surface area contributed by atoms with Gasteiger partial charge in [-0.2, -0.15) is 9.80 Å². The third-order valence-corrected chi connectivity index (χ3v) is 8.74. The maximum atomic E-state index is 2.93. The van der Waals surface area contributed by atoms with Gasteiger partial charge < -0.3 is 0 Å². The van der Waals surface area contributed by atoms with Gasteiger partial charge in [-0.3, -0.25) is 0 Å². The fraction of sp³-hybridized carbons (Fsp3) is 1.00. The number of hydrogen-bond donors (Lipinski definition) is 0. The standard InChI is InChI=1S/C23H50N4/c1-15-19(3,4)24-17-22(9,10)27(13,14)23(24)25(20(5,6)16-2)21(7,8)18-26(23,11)12/h15-18H2,1-14H3/q+2. The molecule has 0 radical (unpaired) electrons. The highest BCUT2D eigenvalue weighted by molar-refractivity contribution is 5.08. The van der Waals surface area contributed by atoms with Crippen molar-refractivity contribution in [1.82, 2.24) is 9.80 Å². The van der Waals surface area contributed by atoms with Crippen LogP contribution in [-0.2, 0) is 0 Å². The zero-order valence-corrected chi connectivity index (χ0v) is 21.1. The SMILES string of the molecule is CCC(C)(C)N1CC(C)(C)[N+](C)(C)C12N(C(C)(C)CC)C(C)(C)C[N+]2(C)C. The first-order valence-corrected chi connectivity index (χ1v) is 11.0. The molecule has 1 spiro atoms. The maximum Gasteiger partial charge on any atom is 0.357 e. The van der Waals surface area contributed by atoms with Gasteiger partial charge in [-0.05, 0) is 68.2 Å². The molecule has 160 valence electrons. The topological polar surface area (TPSA) is 6.48 Å². The predicted octanol–water partition coefficient (Wildman–Crippen LogP) is 4.32. The Bertz CT molecular complexity index is 585. The lowest BCUT2D eigenvalue weighted by Gasteiger charge is -2.61. The highest BCUT2D eigenvalue weighted by Gasteiger charge is 2.84. The van der Waals surface area contributed by atoms with Crippen LogP contribution in [-0.4, -0.2) is 88.1 Å². The Balaban J connectivity index is 2.97. The van der Waals surface area contributed by atoms with Crippen LogP contribution in [0.1, 0.15) is 82.1 Å². The quantitative estimate of drug-likeness (QED) is 0.668. The lowest BCUT2D eigenvalue weighted by molar-refractivity contribution is -1.16. The number of hydrogen-bond acceptors (Lipinski definition) is 2. The monoisotopic (exact) mass is 382 g/mol. The zero-order chi connectivity index (χ0) is 21.5. The summed E-state index contributed by atoms with van der Waals surface area (Å²) in [4.78, 5) is 5.82. The molecule has 0 aliphatic carbocycles. The summed E-state index contributed by atoms with van der Waals surface area (Å²) in [6.45, 7) is 26.7. The van der Waals surface area contributed by atoms with Crippen LogP contribution in [0.5, 0.6) is 0 Å². The molecule has 4 nitrogen and oxygen atoms in total. The van der Waals surface area contributed by atoms with E-state index in [1.54, 1.807) is 0 Å². The average molecular weight is 383 g/mol. The highest BCUT2D eigenvalue weighted by atomic mass is 15.9. The molecule has 2 aliphatic heterocycles. The number of rotatable bonds is 4. The van der Waals surface area contributed by atoms with Crippen molar-refractivity contribution in [3.8, 4) is 0 Å². The van der Waals surface area contributed by atoms with E-state index in [1.165, 1.54) is 0 Å². The Morgan fingerprint density at radius 3 is 1.67 bits per heavy atom. The zero-order valence-electron chi connectivity index (χ0n) is 21.1. The van der Waals surface area contributed by atoms with Gasteiger partial charge in [-0.25, -0.2) is 8.97 Å². The van der Waals surface area contributed by atoms with Crippen LogP contribution in [0.2, 0.25) is 0 Å². The van der Waals surface area contributed by atoms with Crippen molar-refractivity contribution < 1.29 is 8.97 Å². The summed E-state index contributed by atoms with van der Waals surface area (Å²) < 4.78 is 1.99. The molecular weight excluding hydrogens is 332 g/mol. The largest absolute Gasteiger partial charge is 0.357 e. The van der Waals surface area contributed by atoms with E-state index in [1.807, 2.05) is 0 Å². The van der Waals surface area contributed by atoms with Crippen molar-refractivity contribution in [2.24, 2.45) is 0 Å². The van der Waals surface area contributed by atoms with Crippen LogP contribution in [0, 0.1) is 0 Å². The summed E-state index contributed by atoms with van der Waals surface area (Å²) in [5.74, 6) is -0.105. The molecule has 2 rings (SSSR count). The fourth-order valence-electron chi connectivity index (χ4n) is 6.77. The summed E-state index contributed by atoms with van der Waals surface area (Å²) in [5, 5.41) is 0. The van der Waals surface area contributed by atoms with Gasteiger partial charge in [0, 0.05) is 11.1 Å². The van der Waals surface area contributed by atoms with Gasteiger partial charge >= 0.3 is 5.91 Å². The van der Waals surface area contributed by atoms with Gasteiger partial charge in [0.25, 0.3) is 0 Å². The van der Waals surface area contributed by atoms with Crippen LogP contribution in [0.4, 0.5) is 0 Å². The summed E-state index contributed by atoms with van der Waals surface area (Å²) in [5.41, 5.74) is 0.556. The van der Waals surface area contributed by atoms with E-state index >= 15 is 0 Å². The average Bonchev–Trinajstić information content (AvgIpc) is 2.76. The first-order valence-electron chi connectivity index (χ1n) is 11.0. The summed E-state index contributed by atoms with van der Waals surface area (Å²) in [6, 6.07) is 0. The molecule has 2 saturated heterocycles. The van der Waals surface area contributed by atoms with Gasteiger partial charge in [-0.15, -0.1) is 0 Å². The lowest BCUT2D eigenvalue weighted by Crippen LogP contribution is -2.85. The lowest BCUT2D eigenvalue weighted by atomic mass is 9.90. The predicted molar refractivity (Wildman–Crippen MR) is 117 cm³/mol. The Morgan fingerprint density at radius 1 is 0.815 bits per heavy atom. The second-order valence-electron chi connectivity index (χ2n) is 12.8. The highest BCUT2D eigenvalue weighted by Crippen LogP contribution is 2.59. The minimum Gasteiger partial charge on any atom is -0.246 e. The normalized spacial score (nSPS) is 33.1. The minimum atomic E-state index is -0.105.